The van der Waals surface area contributed by atoms with Crippen LogP contribution < -0.4 is 0 Å². The van der Waals surface area contributed by atoms with E-state index in [4.69, 9.17) is 0 Å². The van der Waals surface area contributed by atoms with Gasteiger partial charge in [0.1, 0.15) is 5.54 Å². The Labute approximate surface area is 164 Å². The van der Waals surface area contributed by atoms with Gasteiger partial charge in [-0.1, -0.05) is 64.7 Å². The Morgan fingerprint density at radius 3 is 2.26 bits per heavy atom. The van der Waals surface area contributed by atoms with Gasteiger partial charge >= 0.3 is 5.97 Å². The van der Waals surface area contributed by atoms with E-state index in [1.807, 2.05) is 18.3 Å². The summed E-state index contributed by atoms with van der Waals surface area (Å²) in [6.45, 7) is 8.20. The van der Waals surface area contributed by atoms with Crippen molar-refractivity contribution in [2.45, 2.75) is 77.7 Å². The molecule has 0 unspecified atom stereocenters. The van der Waals surface area contributed by atoms with Crippen molar-refractivity contribution in [2.75, 3.05) is 13.1 Å². The molecule has 0 spiro atoms. The minimum atomic E-state index is -0.828. The van der Waals surface area contributed by atoms with Gasteiger partial charge in [0.05, 0.1) is 0 Å². The zero-order chi connectivity index (χ0) is 19.7. The third-order valence-corrected chi connectivity index (χ3v) is 5.67. The van der Waals surface area contributed by atoms with Gasteiger partial charge in [0, 0.05) is 23.5 Å². The predicted octanol–water partition coefficient (Wildman–Crippen LogP) is 5.63. The van der Waals surface area contributed by atoms with Gasteiger partial charge in [-0.2, -0.15) is 0 Å². The molecule has 1 aromatic heterocycles. The van der Waals surface area contributed by atoms with Crippen LogP contribution in [-0.2, 0) is 11.2 Å². The second-order valence-corrected chi connectivity index (χ2v) is 7.67. The first-order chi connectivity index (χ1) is 13.1. The lowest BCUT2D eigenvalue weighted by molar-refractivity contribution is -0.152. The molecule has 1 aromatic carbocycles. The molecule has 0 bridgehead atoms. The number of H-pyrrole nitrogens is 1. The zero-order valence-corrected chi connectivity index (χ0v) is 17.3. The summed E-state index contributed by atoms with van der Waals surface area (Å²) in [5, 5.41) is 11.6. The van der Waals surface area contributed by atoms with Crippen LogP contribution in [0, 0.1) is 0 Å². The molecular weight excluding hydrogens is 336 g/mol. The maximum Gasteiger partial charge on any atom is 0.324 e. The molecule has 0 aliphatic heterocycles. The molecule has 0 saturated heterocycles. The number of carbonyl (C=O) groups is 1. The number of aromatic nitrogens is 1. The van der Waals surface area contributed by atoms with Gasteiger partial charge < -0.3 is 10.1 Å². The van der Waals surface area contributed by atoms with Gasteiger partial charge in [0.15, 0.2) is 0 Å². The molecule has 0 fully saturated rings. The molecule has 1 heterocycles. The first-order valence-corrected chi connectivity index (χ1v) is 10.6. The van der Waals surface area contributed by atoms with Crippen LogP contribution in [0.15, 0.2) is 30.5 Å². The Hall–Kier alpha value is -1.81. The average molecular weight is 373 g/mol. The van der Waals surface area contributed by atoms with Crippen LogP contribution in [0.4, 0.5) is 0 Å². The van der Waals surface area contributed by atoms with Crippen LogP contribution in [0.1, 0.15) is 71.3 Å². The molecule has 0 amide bonds. The lowest BCUT2D eigenvalue weighted by Gasteiger charge is -2.41. The second kappa shape index (κ2) is 10.5. The number of benzene rings is 1. The van der Waals surface area contributed by atoms with E-state index in [1.54, 1.807) is 0 Å². The van der Waals surface area contributed by atoms with E-state index in [0.29, 0.717) is 12.8 Å². The summed E-state index contributed by atoms with van der Waals surface area (Å²) >= 11 is 0. The van der Waals surface area contributed by atoms with Crippen molar-refractivity contribution in [1.82, 2.24) is 9.88 Å². The highest BCUT2D eigenvalue weighted by atomic mass is 16.4. The summed E-state index contributed by atoms with van der Waals surface area (Å²) in [5.74, 6) is -0.673. The van der Waals surface area contributed by atoms with E-state index in [2.05, 4.69) is 42.8 Å². The summed E-state index contributed by atoms with van der Waals surface area (Å²) in [6.07, 6.45) is 9.45. The van der Waals surface area contributed by atoms with E-state index >= 15 is 0 Å². The van der Waals surface area contributed by atoms with Crippen molar-refractivity contribution in [3.63, 3.8) is 0 Å². The number of unbranched alkanes of at least 4 members (excludes halogenated alkanes) is 3. The summed E-state index contributed by atoms with van der Waals surface area (Å²) in [5.41, 5.74) is 1.36. The monoisotopic (exact) mass is 372 g/mol. The van der Waals surface area contributed by atoms with Gasteiger partial charge in [-0.15, -0.1) is 0 Å². The van der Waals surface area contributed by atoms with Gasteiger partial charge in [-0.3, -0.25) is 9.69 Å². The average Bonchev–Trinajstić information content (AvgIpc) is 3.08. The minimum Gasteiger partial charge on any atom is -0.480 e. The van der Waals surface area contributed by atoms with Crippen molar-refractivity contribution in [2.24, 2.45) is 0 Å². The highest BCUT2D eigenvalue weighted by molar-refractivity contribution is 5.85. The van der Waals surface area contributed by atoms with Crippen LogP contribution in [0.3, 0.4) is 0 Å². The molecule has 2 rings (SSSR count). The fraction of sp³-hybridized carbons (Fsp3) is 0.609. The number of carboxylic acids is 1. The van der Waals surface area contributed by atoms with Crippen LogP contribution >= 0.6 is 0 Å². The molecule has 4 nitrogen and oxygen atoms in total. The van der Waals surface area contributed by atoms with Crippen LogP contribution in [-0.4, -0.2) is 39.6 Å². The normalized spacial score (nSPS) is 13.9. The third kappa shape index (κ3) is 5.13. The van der Waals surface area contributed by atoms with E-state index in [-0.39, 0.29) is 0 Å². The Morgan fingerprint density at radius 2 is 1.67 bits per heavy atom. The van der Waals surface area contributed by atoms with E-state index in [0.717, 1.165) is 68.1 Å². The zero-order valence-electron chi connectivity index (χ0n) is 17.3. The highest BCUT2D eigenvalue weighted by Crippen LogP contribution is 2.32. The topological polar surface area (TPSA) is 56.3 Å². The molecule has 27 heavy (non-hydrogen) atoms. The number of fused-ring (bicyclic) bond motifs is 1. The lowest BCUT2D eigenvalue weighted by atomic mass is 9.83. The number of hydrogen-bond acceptors (Lipinski definition) is 2. The number of aliphatic carboxylic acids is 1. The van der Waals surface area contributed by atoms with Crippen LogP contribution in [0.25, 0.3) is 10.9 Å². The largest absolute Gasteiger partial charge is 0.480 e. The third-order valence-electron chi connectivity index (χ3n) is 5.67. The maximum absolute atomic E-state index is 12.7. The SMILES string of the molecule is CCCCN(CCCC)[C@@](CCCC)(Cc1c[nH]c2ccccc12)C(=O)O. The number of rotatable bonds is 13. The summed E-state index contributed by atoms with van der Waals surface area (Å²) in [7, 11) is 0. The molecular formula is C23H36N2O2. The summed E-state index contributed by atoms with van der Waals surface area (Å²) < 4.78 is 0. The Balaban J connectivity index is 2.43. The van der Waals surface area contributed by atoms with E-state index in [9.17, 15) is 9.90 Å². The van der Waals surface area contributed by atoms with Gasteiger partial charge in [0.2, 0.25) is 0 Å². The van der Waals surface area contributed by atoms with Crippen LogP contribution in [0.2, 0.25) is 0 Å². The molecule has 2 N–H and O–H groups in total. The first-order valence-electron chi connectivity index (χ1n) is 10.6. The van der Waals surface area contributed by atoms with Gasteiger partial charge in [-0.05, 0) is 44.0 Å². The molecule has 0 radical (unpaired) electrons. The minimum absolute atomic E-state index is 0.555. The van der Waals surface area contributed by atoms with E-state index in [1.165, 1.54) is 0 Å². The Morgan fingerprint density at radius 1 is 1.04 bits per heavy atom. The van der Waals surface area contributed by atoms with Gasteiger partial charge in [-0.25, -0.2) is 0 Å². The van der Waals surface area contributed by atoms with Crippen LogP contribution in [0.5, 0.6) is 0 Å². The van der Waals surface area contributed by atoms with Crippen molar-refractivity contribution in [1.29, 1.82) is 0 Å². The number of aromatic amines is 1. The fourth-order valence-electron chi connectivity index (χ4n) is 3.98. The van der Waals surface area contributed by atoms with Gasteiger partial charge in [0.25, 0.3) is 0 Å². The molecule has 0 aliphatic rings. The molecule has 0 saturated carbocycles. The molecule has 4 heteroatoms. The Kier molecular flexibility index (Phi) is 8.36. The Bertz CT molecular complexity index is 701. The fourth-order valence-corrected chi connectivity index (χ4v) is 3.98. The highest BCUT2D eigenvalue weighted by Gasteiger charge is 2.43. The number of carboxylic acid groups (broad SMARTS) is 1. The van der Waals surface area contributed by atoms with E-state index < -0.39 is 11.5 Å². The van der Waals surface area contributed by atoms with Crippen molar-refractivity contribution in [3.8, 4) is 0 Å². The predicted molar refractivity (Wildman–Crippen MR) is 113 cm³/mol. The number of nitrogens with zero attached hydrogens (tertiary/aromatic N) is 1. The standard InChI is InChI=1S/C23H36N2O2/c1-4-7-14-23(22(26)27,25(15-8-5-2)16-9-6-3)17-19-18-24-21-13-11-10-12-20(19)21/h10-13,18,24H,4-9,14-17H2,1-3H3,(H,26,27)/t23-/m0/s1. The van der Waals surface area contributed by atoms with Crippen molar-refractivity contribution in [3.05, 3.63) is 36.0 Å². The summed E-state index contributed by atoms with van der Waals surface area (Å²) in [4.78, 5) is 18.3. The first kappa shape index (κ1) is 21.5. The second-order valence-electron chi connectivity index (χ2n) is 7.67. The number of nitrogens with one attached hydrogen (secondary N) is 1. The molecule has 2 aromatic rings. The molecule has 0 aliphatic carbocycles. The van der Waals surface area contributed by atoms with Crippen molar-refractivity contribution >= 4 is 16.9 Å². The maximum atomic E-state index is 12.7. The quantitative estimate of drug-likeness (QED) is 0.479. The molecule has 1 atom stereocenters. The lowest BCUT2D eigenvalue weighted by Crippen LogP contribution is -2.57. The smallest absolute Gasteiger partial charge is 0.324 e. The summed E-state index contributed by atoms with van der Waals surface area (Å²) in [6, 6.07) is 8.19. The number of hydrogen-bond donors (Lipinski definition) is 2. The number of para-hydroxylation sites is 1. The van der Waals surface area contributed by atoms with Crippen molar-refractivity contribution < 1.29 is 9.90 Å². The molecule has 150 valence electrons.